The van der Waals surface area contributed by atoms with E-state index in [0.29, 0.717) is 11.1 Å². The Morgan fingerprint density at radius 3 is 2.38 bits per heavy atom. The van der Waals surface area contributed by atoms with E-state index in [4.69, 9.17) is 16.3 Å². The summed E-state index contributed by atoms with van der Waals surface area (Å²) in [5.41, 5.74) is 0.689. The molecule has 0 amide bonds. The van der Waals surface area contributed by atoms with Gasteiger partial charge in [-0.25, -0.2) is 0 Å². The van der Waals surface area contributed by atoms with E-state index in [-0.39, 0.29) is 11.4 Å². The van der Waals surface area contributed by atoms with Gasteiger partial charge in [-0.2, -0.15) is 0 Å². The second kappa shape index (κ2) is 6.49. The first-order valence-electron chi connectivity index (χ1n) is 6.95. The Morgan fingerprint density at radius 1 is 1.29 bits per heavy atom. The molecule has 0 atom stereocenters. The average Bonchev–Trinajstić information content (AvgIpc) is 2.47. The van der Waals surface area contributed by atoms with Crippen LogP contribution in [0.4, 0.5) is 11.4 Å². The maximum Gasteiger partial charge on any atom is 0.312 e. The molecule has 0 saturated carbocycles. The molecule has 1 aromatic carbocycles. The van der Waals surface area contributed by atoms with Crippen molar-refractivity contribution in [3.05, 3.63) is 27.3 Å². The Bertz CT molecular complexity index is 528. The van der Waals surface area contributed by atoms with E-state index in [9.17, 15) is 10.1 Å². The first-order chi connectivity index (χ1) is 9.93. The fourth-order valence-corrected chi connectivity index (χ4v) is 2.84. The lowest BCUT2D eigenvalue weighted by Crippen LogP contribution is -2.49. The quantitative estimate of drug-likeness (QED) is 0.632. The van der Waals surface area contributed by atoms with Crippen LogP contribution in [-0.2, 0) is 0 Å². The third-order valence-corrected chi connectivity index (χ3v) is 4.13. The Morgan fingerprint density at radius 2 is 1.90 bits per heavy atom. The van der Waals surface area contributed by atoms with Gasteiger partial charge in [-0.3, -0.25) is 15.0 Å². The highest BCUT2D eigenvalue weighted by Gasteiger charge is 2.24. The van der Waals surface area contributed by atoms with E-state index in [0.717, 1.165) is 31.9 Å². The lowest BCUT2D eigenvalue weighted by molar-refractivity contribution is -0.385. The van der Waals surface area contributed by atoms with Crippen molar-refractivity contribution in [2.75, 3.05) is 38.2 Å². The number of piperazine rings is 1. The SMILES string of the molecule is COc1cc(N2CCN(C(C)C)CC2)c(Cl)cc1[N+](=O)[O-]. The van der Waals surface area contributed by atoms with E-state index in [1.54, 1.807) is 6.07 Å². The van der Waals surface area contributed by atoms with Gasteiger partial charge in [-0.1, -0.05) is 11.6 Å². The predicted octanol–water partition coefficient (Wildman–Crippen LogP) is 2.79. The molecule has 0 N–H and O–H groups in total. The second-order valence-corrected chi connectivity index (χ2v) is 5.76. The van der Waals surface area contributed by atoms with Crippen LogP contribution in [-0.4, -0.2) is 49.2 Å². The molecule has 0 radical (unpaired) electrons. The molecule has 1 aliphatic heterocycles. The summed E-state index contributed by atoms with van der Waals surface area (Å²) in [6.07, 6.45) is 0. The van der Waals surface area contributed by atoms with Gasteiger partial charge in [0.15, 0.2) is 5.75 Å². The normalized spacial score (nSPS) is 16.3. The Hall–Kier alpha value is -1.53. The number of anilines is 1. The zero-order chi connectivity index (χ0) is 15.6. The largest absolute Gasteiger partial charge is 0.490 e. The number of methoxy groups -OCH3 is 1. The molecule has 2 rings (SSSR count). The number of rotatable bonds is 4. The zero-order valence-corrected chi connectivity index (χ0v) is 13.3. The van der Waals surface area contributed by atoms with Gasteiger partial charge in [0, 0.05) is 44.4 Å². The fraction of sp³-hybridized carbons (Fsp3) is 0.571. The first-order valence-corrected chi connectivity index (χ1v) is 7.32. The summed E-state index contributed by atoms with van der Waals surface area (Å²) in [6.45, 7) is 7.95. The van der Waals surface area contributed by atoms with Crippen LogP contribution in [0.2, 0.25) is 5.02 Å². The lowest BCUT2D eigenvalue weighted by atomic mass is 10.2. The van der Waals surface area contributed by atoms with Crippen LogP contribution in [0.3, 0.4) is 0 Å². The highest BCUT2D eigenvalue weighted by Crippen LogP contribution is 2.38. The van der Waals surface area contributed by atoms with Gasteiger partial charge >= 0.3 is 5.69 Å². The number of halogens is 1. The first kappa shape index (κ1) is 15.9. The summed E-state index contributed by atoms with van der Waals surface area (Å²) < 4.78 is 5.12. The molecule has 21 heavy (non-hydrogen) atoms. The van der Waals surface area contributed by atoms with E-state index in [1.165, 1.54) is 13.2 Å². The van der Waals surface area contributed by atoms with Crippen LogP contribution in [0.25, 0.3) is 0 Å². The topological polar surface area (TPSA) is 58.8 Å². The maximum atomic E-state index is 11.0. The maximum absolute atomic E-state index is 11.0. The molecule has 116 valence electrons. The van der Waals surface area contributed by atoms with Crippen molar-refractivity contribution in [2.24, 2.45) is 0 Å². The Balaban J connectivity index is 2.23. The minimum Gasteiger partial charge on any atom is -0.490 e. The van der Waals surface area contributed by atoms with Crippen molar-refractivity contribution in [1.29, 1.82) is 0 Å². The van der Waals surface area contributed by atoms with Crippen molar-refractivity contribution in [1.82, 2.24) is 4.90 Å². The van der Waals surface area contributed by atoms with Crippen molar-refractivity contribution >= 4 is 23.0 Å². The average molecular weight is 314 g/mol. The van der Waals surface area contributed by atoms with Gasteiger partial charge in [0.2, 0.25) is 0 Å². The predicted molar refractivity (Wildman–Crippen MR) is 83.6 cm³/mol. The van der Waals surface area contributed by atoms with Gasteiger partial charge in [-0.05, 0) is 13.8 Å². The molecule has 6 nitrogen and oxygen atoms in total. The molecular weight excluding hydrogens is 294 g/mol. The van der Waals surface area contributed by atoms with Gasteiger partial charge in [0.1, 0.15) is 0 Å². The van der Waals surface area contributed by atoms with E-state index < -0.39 is 4.92 Å². The van der Waals surface area contributed by atoms with Crippen molar-refractivity contribution in [3.63, 3.8) is 0 Å². The number of hydrogen-bond acceptors (Lipinski definition) is 5. The van der Waals surface area contributed by atoms with Crippen LogP contribution in [0.1, 0.15) is 13.8 Å². The third-order valence-electron chi connectivity index (χ3n) is 3.83. The molecule has 0 spiro atoms. The molecule has 7 heteroatoms. The summed E-state index contributed by atoms with van der Waals surface area (Å²) in [5, 5.41) is 11.4. The summed E-state index contributed by atoms with van der Waals surface area (Å²) in [7, 11) is 1.43. The minimum atomic E-state index is -0.481. The molecule has 1 aromatic rings. The fourth-order valence-electron chi connectivity index (χ4n) is 2.56. The highest BCUT2D eigenvalue weighted by molar-refractivity contribution is 6.33. The molecule has 1 heterocycles. The number of nitro groups is 1. The minimum absolute atomic E-state index is 0.105. The number of nitrogens with zero attached hydrogens (tertiary/aromatic N) is 3. The molecule has 0 unspecified atom stereocenters. The van der Waals surface area contributed by atoms with E-state index in [1.807, 2.05) is 0 Å². The van der Waals surface area contributed by atoms with Crippen LogP contribution in [0.15, 0.2) is 12.1 Å². The summed E-state index contributed by atoms with van der Waals surface area (Å²) >= 11 is 6.22. The standard InChI is InChI=1S/C14H20ClN3O3/c1-10(2)16-4-6-17(7-5-16)12-9-14(21-3)13(18(19)20)8-11(12)15/h8-10H,4-7H2,1-3H3. The smallest absolute Gasteiger partial charge is 0.312 e. The Kier molecular flexibility index (Phi) is 4.90. The van der Waals surface area contributed by atoms with Crippen molar-refractivity contribution in [3.8, 4) is 5.75 Å². The van der Waals surface area contributed by atoms with Crippen molar-refractivity contribution < 1.29 is 9.66 Å². The van der Waals surface area contributed by atoms with E-state index in [2.05, 4.69) is 23.6 Å². The number of nitro benzene ring substituents is 1. The lowest BCUT2D eigenvalue weighted by Gasteiger charge is -2.38. The Labute approximate surface area is 129 Å². The van der Waals surface area contributed by atoms with Gasteiger partial charge in [0.25, 0.3) is 0 Å². The van der Waals surface area contributed by atoms with Gasteiger partial charge < -0.3 is 9.64 Å². The molecule has 1 saturated heterocycles. The molecular formula is C14H20ClN3O3. The van der Waals surface area contributed by atoms with Gasteiger partial charge in [-0.15, -0.1) is 0 Å². The molecule has 1 fully saturated rings. The highest BCUT2D eigenvalue weighted by atomic mass is 35.5. The molecule has 0 aliphatic carbocycles. The monoisotopic (exact) mass is 313 g/mol. The molecule has 1 aliphatic rings. The van der Waals surface area contributed by atoms with Crippen LogP contribution in [0, 0.1) is 10.1 Å². The second-order valence-electron chi connectivity index (χ2n) is 5.35. The molecule has 0 aromatic heterocycles. The third kappa shape index (κ3) is 3.39. The van der Waals surface area contributed by atoms with E-state index >= 15 is 0 Å². The summed E-state index contributed by atoms with van der Waals surface area (Å²) in [6, 6.07) is 3.55. The zero-order valence-electron chi connectivity index (χ0n) is 12.5. The number of ether oxygens (including phenoxy) is 1. The van der Waals surface area contributed by atoms with Crippen LogP contribution < -0.4 is 9.64 Å². The van der Waals surface area contributed by atoms with Gasteiger partial charge in [0.05, 0.1) is 22.7 Å². The number of hydrogen-bond donors (Lipinski definition) is 0. The number of benzene rings is 1. The molecule has 0 bridgehead atoms. The van der Waals surface area contributed by atoms with Crippen LogP contribution in [0.5, 0.6) is 5.75 Å². The summed E-state index contributed by atoms with van der Waals surface area (Å²) in [5.74, 6) is 0.241. The van der Waals surface area contributed by atoms with Crippen LogP contribution >= 0.6 is 11.6 Å². The summed E-state index contributed by atoms with van der Waals surface area (Å²) in [4.78, 5) is 15.0. The van der Waals surface area contributed by atoms with Crippen molar-refractivity contribution in [2.45, 2.75) is 19.9 Å².